The normalized spacial score (nSPS) is 15.7. The predicted octanol–water partition coefficient (Wildman–Crippen LogP) is 5.30. The SMILES string of the molecule is CC1CN1C(N)=O.CN(C(=O)c1cc(C(F)(F)F)cc(C(F)(F)F)c1)C(CC(=O)O)Cc1ccc(Cl)cc1. The number of urea groups is 1. The minimum absolute atomic E-state index is 0.00318. The Labute approximate surface area is 218 Å². The molecular weight excluding hydrogens is 544 g/mol. The molecule has 2 aromatic rings. The van der Waals surface area contributed by atoms with Gasteiger partial charge in [0.05, 0.1) is 17.5 Å². The predicted molar refractivity (Wildman–Crippen MR) is 125 cm³/mol. The quantitative estimate of drug-likeness (QED) is 0.365. The van der Waals surface area contributed by atoms with Gasteiger partial charge in [-0.2, -0.15) is 26.3 Å². The van der Waals surface area contributed by atoms with Gasteiger partial charge in [-0.3, -0.25) is 9.59 Å². The van der Waals surface area contributed by atoms with Crippen LogP contribution in [0.5, 0.6) is 0 Å². The van der Waals surface area contributed by atoms with Gasteiger partial charge in [0, 0.05) is 36.3 Å². The molecule has 208 valence electrons. The molecule has 0 radical (unpaired) electrons. The van der Waals surface area contributed by atoms with Crippen molar-refractivity contribution in [3.63, 3.8) is 0 Å². The Morgan fingerprint density at radius 1 is 1.05 bits per heavy atom. The molecule has 2 unspecified atom stereocenters. The van der Waals surface area contributed by atoms with E-state index in [9.17, 15) is 40.7 Å². The Morgan fingerprint density at radius 2 is 1.53 bits per heavy atom. The molecule has 3 N–H and O–H groups in total. The fourth-order valence-electron chi connectivity index (χ4n) is 3.43. The maximum atomic E-state index is 13.1. The largest absolute Gasteiger partial charge is 0.481 e. The number of hydrogen-bond acceptors (Lipinski definition) is 3. The van der Waals surface area contributed by atoms with Crippen molar-refractivity contribution in [2.45, 2.75) is 44.2 Å². The zero-order valence-corrected chi connectivity index (χ0v) is 20.9. The molecule has 0 saturated carbocycles. The summed E-state index contributed by atoms with van der Waals surface area (Å²) in [5.41, 5.74) is 1.34. The molecule has 0 bridgehead atoms. The second-order valence-corrected chi connectivity index (χ2v) is 9.07. The van der Waals surface area contributed by atoms with Gasteiger partial charge in [-0.25, -0.2) is 4.79 Å². The van der Waals surface area contributed by atoms with Crippen LogP contribution in [-0.2, 0) is 23.6 Å². The van der Waals surface area contributed by atoms with Gasteiger partial charge in [0.15, 0.2) is 0 Å². The lowest BCUT2D eigenvalue weighted by Crippen LogP contribution is -2.40. The molecule has 14 heteroatoms. The van der Waals surface area contributed by atoms with Crippen molar-refractivity contribution in [1.29, 1.82) is 0 Å². The van der Waals surface area contributed by atoms with Crippen molar-refractivity contribution in [2.24, 2.45) is 5.73 Å². The number of aliphatic carboxylic acids is 1. The lowest BCUT2D eigenvalue weighted by molar-refractivity contribution is -0.143. The van der Waals surface area contributed by atoms with Crippen LogP contribution in [0.1, 0.15) is 40.4 Å². The van der Waals surface area contributed by atoms with Crippen LogP contribution in [0.3, 0.4) is 0 Å². The summed E-state index contributed by atoms with van der Waals surface area (Å²) in [5.74, 6) is -2.46. The van der Waals surface area contributed by atoms with E-state index in [0.717, 1.165) is 18.5 Å². The van der Waals surface area contributed by atoms with Crippen molar-refractivity contribution < 1.29 is 45.8 Å². The molecule has 38 heavy (non-hydrogen) atoms. The number of primary amides is 1. The second kappa shape index (κ2) is 11.9. The summed E-state index contributed by atoms with van der Waals surface area (Å²) in [6.45, 7) is 2.81. The van der Waals surface area contributed by atoms with Gasteiger partial charge >= 0.3 is 24.4 Å². The molecule has 1 fully saturated rings. The van der Waals surface area contributed by atoms with E-state index in [4.69, 9.17) is 22.4 Å². The summed E-state index contributed by atoms with van der Waals surface area (Å²) in [7, 11) is 1.12. The fourth-order valence-corrected chi connectivity index (χ4v) is 3.56. The first kappa shape index (κ1) is 30.7. The number of nitrogens with two attached hydrogens (primary N) is 1. The summed E-state index contributed by atoms with van der Waals surface area (Å²) < 4.78 is 78.4. The first-order chi connectivity index (χ1) is 17.4. The Kier molecular flexibility index (Phi) is 9.65. The van der Waals surface area contributed by atoms with E-state index >= 15 is 0 Å². The molecule has 1 heterocycles. The number of amides is 3. The topological polar surface area (TPSA) is 104 Å². The van der Waals surface area contributed by atoms with E-state index in [1.165, 1.54) is 12.1 Å². The highest BCUT2D eigenvalue weighted by Gasteiger charge is 2.38. The van der Waals surface area contributed by atoms with Crippen LogP contribution in [-0.4, -0.2) is 58.5 Å². The van der Waals surface area contributed by atoms with Gasteiger partial charge < -0.3 is 20.6 Å². The first-order valence-electron chi connectivity index (χ1n) is 11.0. The van der Waals surface area contributed by atoms with Crippen LogP contribution in [0.4, 0.5) is 31.1 Å². The van der Waals surface area contributed by atoms with E-state index in [0.29, 0.717) is 28.8 Å². The summed E-state index contributed by atoms with van der Waals surface area (Å²) in [6, 6.07) is 5.81. The number of rotatable bonds is 6. The number of alkyl halides is 6. The summed E-state index contributed by atoms with van der Waals surface area (Å²) in [6.07, 6.45) is -10.8. The summed E-state index contributed by atoms with van der Waals surface area (Å²) in [4.78, 5) is 36.5. The van der Waals surface area contributed by atoms with Crippen molar-refractivity contribution in [1.82, 2.24) is 9.80 Å². The number of benzene rings is 2. The Morgan fingerprint density at radius 3 is 1.87 bits per heavy atom. The van der Waals surface area contributed by atoms with Crippen molar-refractivity contribution in [3.05, 3.63) is 69.7 Å². The van der Waals surface area contributed by atoms with Gasteiger partial charge in [0.2, 0.25) is 0 Å². The molecule has 1 saturated heterocycles. The van der Waals surface area contributed by atoms with Crippen LogP contribution in [0.15, 0.2) is 42.5 Å². The molecule has 0 spiro atoms. The molecule has 2 aromatic carbocycles. The number of carbonyl (C=O) groups is 3. The standard InChI is InChI=1S/C20H16ClF6NO3.C4H8N2O/c1-28(16(10-17(29)30)6-11-2-4-15(21)5-3-11)18(31)12-7-13(19(22,23)24)9-14(8-12)20(25,26)27;1-3-2-6(3)4(5)7/h2-5,7-9,16H,6,10H2,1H3,(H,29,30);3H,2H2,1H3,(H2,5,7). The Balaban J connectivity index is 0.000000624. The van der Waals surface area contributed by atoms with E-state index in [2.05, 4.69) is 0 Å². The lowest BCUT2D eigenvalue weighted by atomic mass is 9.99. The zero-order chi connectivity index (χ0) is 29.0. The van der Waals surface area contributed by atoms with Crippen molar-refractivity contribution >= 4 is 29.5 Å². The van der Waals surface area contributed by atoms with Gasteiger partial charge in [-0.1, -0.05) is 23.7 Å². The van der Waals surface area contributed by atoms with E-state index in [1.54, 1.807) is 17.0 Å². The summed E-state index contributed by atoms with van der Waals surface area (Å²) >= 11 is 5.79. The maximum Gasteiger partial charge on any atom is 0.416 e. The van der Waals surface area contributed by atoms with Gasteiger partial charge in [-0.15, -0.1) is 0 Å². The number of carboxylic acid groups (broad SMARTS) is 1. The smallest absolute Gasteiger partial charge is 0.416 e. The molecule has 7 nitrogen and oxygen atoms in total. The Hall–Kier alpha value is -3.48. The number of hydrogen-bond donors (Lipinski definition) is 2. The zero-order valence-electron chi connectivity index (χ0n) is 20.1. The third-order valence-electron chi connectivity index (χ3n) is 5.64. The number of halogens is 7. The third kappa shape index (κ3) is 8.82. The van der Waals surface area contributed by atoms with Crippen LogP contribution in [0, 0.1) is 0 Å². The molecule has 1 aliphatic rings. The molecule has 3 rings (SSSR count). The fraction of sp³-hybridized carbons (Fsp3) is 0.375. The second-order valence-electron chi connectivity index (χ2n) is 8.63. The minimum Gasteiger partial charge on any atom is -0.481 e. The van der Waals surface area contributed by atoms with E-state index in [-0.39, 0.29) is 18.5 Å². The first-order valence-corrected chi connectivity index (χ1v) is 11.4. The van der Waals surface area contributed by atoms with Crippen LogP contribution in [0.25, 0.3) is 0 Å². The molecule has 2 atom stereocenters. The monoisotopic (exact) mass is 567 g/mol. The van der Waals surface area contributed by atoms with Crippen LogP contribution < -0.4 is 5.73 Å². The third-order valence-corrected chi connectivity index (χ3v) is 5.89. The average Bonchev–Trinajstić information content (AvgIpc) is 3.55. The highest BCUT2D eigenvalue weighted by molar-refractivity contribution is 6.30. The number of nitrogens with zero attached hydrogens (tertiary/aromatic N) is 2. The number of carbonyl (C=O) groups excluding carboxylic acids is 2. The van der Waals surface area contributed by atoms with E-state index in [1.807, 2.05) is 6.92 Å². The van der Waals surface area contributed by atoms with Crippen LogP contribution in [0.2, 0.25) is 5.02 Å². The van der Waals surface area contributed by atoms with Gasteiger partial charge in [-0.05, 0) is 49.2 Å². The van der Waals surface area contributed by atoms with E-state index < -0.39 is 53.4 Å². The average molecular weight is 568 g/mol. The highest BCUT2D eigenvalue weighted by Crippen LogP contribution is 2.36. The van der Waals surface area contributed by atoms with Gasteiger partial charge in [0.25, 0.3) is 5.91 Å². The molecular formula is C24H24ClF6N3O4. The number of carboxylic acids is 1. The molecule has 1 aliphatic heterocycles. The van der Waals surface area contributed by atoms with Crippen LogP contribution >= 0.6 is 11.6 Å². The minimum atomic E-state index is -5.11. The molecule has 3 amide bonds. The Bertz CT molecular complexity index is 1140. The maximum absolute atomic E-state index is 13.1. The number of likely N-dealkylation sites (N-methyl/N-ethyl adjacent to an activating group) is 1. The molecule has 0 aromatic heterocycles. The lowest BCUT2D eigenvalue weighted by Gasteiger charge is -2.28. The highest BCUT2D eigenvalue weighted by atomic mass is 35.5. The van der Waals surface area contributed by atoms with Gasteiger partial charge in [0.1, 0.15) is 0 Å². The van der Waals surface area contributed by atoms with Crippen molar-refractivity contribution in [2.75, 3.05) is 13.6 Å². The molecule has 0 aliphatic carbocycles. The summed E-state index contributed by atoms with van der Waals surface area (Å²) in [5, 5.41) is 9.56. The van der Waals surface area contributed by atoms with Crippen molar-refractivity contribution in [3.8, 4) is 0 Å².